The van der Waals surface area contributed by atoms with E-state index >= 15 is 0 Å². The third-order valence-electron chi connectivity index (χ3n) is 1.37. The van der Waals surface area contributed by atoms with E-state index in [-0.39, 0.29) is 6.92 Å². The van der Waals surface area contributed by atoms with Crippen molar-refractivity contribution < 1.29 is 48.3 Å². The van der Waals surface area contributed by atoms with Crippen molar-refractivity contribution in [3.63, 3.8) is 0 Å². The fourth-order valence-electron chi connectivity index (χ4n) is 0.361. The van der Waals surface area contributed by atoms with Gasteiger partial charge in [-0.3, -0.25) is 0 Å². The summed E-state index contributed by atoms with van der Waals surface area (Å²) in [6.45, 7) is 0.0833. The summed E-state index contributed by atoms with van der Waals surface area (Å²) in [5.74, 6) is -3.24. The Hall–Kier alpha value is -0.770. The van der Waals surface area contributed by atoms with Crippen molar-refractivity contribution in [2.45, 2.75) is 38.3 Å². The molecular formula is C7H7F11. The van der Waals surface area contributed by atoms with Crippen molar-refractivity contribution in [2.75, 3.05) is 0 Å². The van der Waals surface area contributed by atoms with Crippen LogP contribution in [-0.2, 0) is 0 Å². The summed E-state index contributed by atoms with van der Waals surface area (Å²) in [7, 11) is 0. The van der Waals surface area contributed by atoms with Crippen LogP contribution in [0.1, 0.15) is 13.3 Å². The molecule has 0 aliphatic carbocycles. The van der Waals surface area contributed by atoms with Gasteiger partial charge in [0, 0.05) is 0 Å². The summed E-state index contributed by atoms with van der Waals surface area (Å²) in [5, 5.41) is 0. The molecule has 0 aliphatic rings. The van der Waals surface area contributed by atoms with Crippen LogP contribution in [-0.4, -0.2) is 25.0 Å². The smallest absolute Gasteiger partial charge is 0.210 e. The Morgan fingerprint density at radius 1 is 0.722 bits per heavy atom. The average Bonchev–Trinajstić information content (AvgIpc) is 1.95. The molecule has 0 rings (SSSR count). The largest absolute Gasteiger partial charge is 0.400 e. The van der Waals surface area contributed by atoms with E-state index < -0.39 is 37.3 Å². The molecule has 0 aromatic rings. The number of alkyl halides is 11. The van der Waals surface area contributed by atoms with E-state index in [0.717, 1.165) is 0 Å². The van der Waals surface area contributed by atoms with Crippen LogP contribution in [0.25, 0.3) is 0 Å². The van der Waals surface area contributed by atoms with Crippen LogP contribution in [0.3, 0.4) is 0 Å². The van der Waals surface area contributed by atoms with Crippen molar-refractivity contribution >= 4 is 0 Å². The van der Waals surface area contributed by atoms with E-state index in [9.17, 15) is 48.3 Å². The minimum atomic E-state index is -5.18. The summed E-state index contributed by atoms with van der Waals surface area (Å²) >= 11 is 0. The molecule has 0 heterocycles. The minimum Gasteiger partial charge on any atom is -0.210 e. The van der Waals surface area contributed by atoms with Crippen LogP contribution in [0, 0.1) is 5.92 Å². The van der Waals surface area contributed by atoms with Gasteiger partial charge in [-0.15, -0.1) is 0 Å². The summed E-state index contributed by atoms with van der Waals surface area (Å²) in [6, 6.07) is 0. The second-order valence-electron chi connectivity index (χ2n) is 3.02. The Balaban J connectivity index is 0. The Morgan fingerprint density at radius 3 is 1.00 bits per heavy atom. The SMILES string of the molecule is CC(C(F)(F)F)C(F)(F)F.FC(F)CC(F)(F)F. The van der Waals surface area contributed by atoms with Crippen LogP contribution < -0.4 is 0 Å². The second kappa shape index (κ2) is 6.41. The van der Waals surface area contributed by atoms with Gasteiger partial charge < -0.3 is 0 Å². The molecule has 0 saturated carbocycles. The van der Waals surface area contributed by atoms with Crippen molar-refractivity contribution in [1.82, 2.24) is 0 Å². The van der Waals surface area contributed by atoms with E-state index in [2.05, 4.69) is 0 Å². The Kier molecular flexibility index (Phi) is 6.97. The molecule has 0 N–H and O–H groups in total. The minimum absolute atomic E-state index is 0.0833. The van der Waals surface area contributed by atoms with Crippen LogP contribution in [0.5, 0.6) is 0 Å². The van der Waals surface area contributed by atoms with Crippen LogP contribution in [0.15, 0.2) is 0 Å². The van der Waals surface area contributed by atoms with Crippen LogP contribution in [0.4, 0.5) is 48.3 Å². The lowest BCUT2D eigenvalue weighted by Crippen LogP contribution is -2.33. The Bertz CT molecular complexity index is 205. The lowest BCUT2D eigenvalue weighted by atomic mass is 10.2. The molecule has 0 saturated heterocycles. The van der Waals surface area contributed by atoms with E-state index in [4.69, 9.17) is 0 Å². The molecule has 0 aromatic heterocycles. The molecule has 0 spiro atoms. The monoisotopic (exact) mass is 300 g/mol. The molecule has 0 fully saturated rings. The molecule has 0 atom stereocenters. The highest BCUT2D eigenvalue weighted by Gasteiger charge is 2.53. The van der Waals surface area contributed by atoms with Crippen molar-refractivity contribution in [3.8, 4) is 0 Å². The second-order valence-corrected chi connectivity index (χ2v) is 3.02. The van der Waals surface area contributed by atoms with Gasteiger partial charge in [0.15, 0.2) is 0 Å². The molecule has 11 heteroatoms. The first kappa shape index (κ1) is 19.6. The number of rotatable bonds is 1. The zero-order valence-corrected chi connectivity index (χ0v) is 8.52. The molecular weight excluding hydrogens is 293 g/mol. The van der Waals surface area contributed by atoms with Crippen LogP contribution in [0.2, 0.25) is 0 Å². The topological polar surface area (TPSA) is 0 Å². The number of hydrogen-bond donors (Lipinski definition) is 0. The lowest BCUT2D eigenvalue weighted by Gasteiger charge is -2.17. The van der Waals surface area contributed by atoms with E-state index in [1.165, 1.54) is 0 Å². The van der Waals surface area contributed by atoms with Gasteiger partial charge in [-0.25, -0.2) is 8.78 Å². The summed E-state index contributed by atoms with van der Waals surface area (Å²) in [6.07, 6.45) is -20.4. The first-order valence-corrected chi connectivity index (χ1v) is 4.05. The van der Waals surface area contributed by atoms with Crippen molar-refractivity contribution in [2.24, 2.45) is 5.92 Å². The molecule has 18 heavy (non-hydrogen) atoms. The van der Waals surface area contributed by atoms with E-state index in [1.807, 2.05) is 0 Å². The molecule has 112 valence electrons. The number of halogens is 11. The highest BCUT2D eigenvalue weighted by molar-refractivity contribution is 4.69. The molecule has 0 amide bonds. The fraction of sp³-hybridized carbons (Fsp3) is 1.00. The van der Waals surface area contributed by atoms with Crippen molar-refractivity contribution in [3.05, 3.63) is 0 Å². The highest BCUT2D eigenvalue weighted by Crippen LogP contribution is 2.38. The van der Waals surface area contributed by atoms with Gasteiger partial charge in [-0.2, -0.15) is 39.5 Å². The van der Waals surface area contributed by atoms with Gasteiger partial charge in [0.25, 0.3) is 0 Å². The normalized spacial score (nSPS) is 13.7. The quantitative estimate of drug-likeness (QED) is 0.601. The maximum Gasteiger partial charge on any atom is 0.400 e. The average molecular weight is 300 g/mol. The molecule has 0 aromatic carbocycles. The predicted molar refractivity (Wildman–Crippen MR) is 38.0 cm³/mol. The first-order chi connectivity index (χ1) is 7.57. The van der Waals surface area contributed by atoms with Gasteiger partial charge in [-0.05, 0) is 6.92 Å². The molecule has 0 unspecified atom stereocenters. The fourth-order valence-corrected chi connectivity index (χ4v) is 0.361. The molecule has 0 radical (unpaired) electrons. The maximum atomic E-state index is 11.2. The summed E-state index contributed by atoms with van der Waals surface area (Å²) in [4.78, 5) is 0. The number of hydrogen-bond acceptors (Lipinski definition) is 0. The summed E-state index contributed by atoms with van der Waals surface area (Å²) < 4.78 is 121. The third kappa shape index (κ3) is 11.7. The zero-order valence-electron chi connectivity index (χ0n) is 8.52. The standard InChI is InChI=1S/C4H4F6.C3H3F5/c1-2(3(5,6)7)4(8,9)10;4-2(5)1-3(6,7)8/h2H,1H3;2H,1H2. The van der Waals surface area contributed by atoms with Crippen molar-refractivity contribution in [1.29, 1.82) is 0 Å². The van der Waals surface area contributed by atoms with Gasteiger partial charge in [0.1, 0.15) is 12.3 Å². The van der Waals surface area contributed by atoms with Gasteiger partial charge in [-0.1, -0.05) is 0 Å². The maximum absolute atomic E-state index is 11.2. The van der Waals surface area contributed by atoms with E-state index in [1.54, 1.807) is 0 Å². The Morgan fingerprint density at radius 2 is 1.00 bits per heavy atom. The molecule has 0 nitrogen and oxygen atoms in total. The van der Waals surface area contributed by atoms with E-state index in [0.29, 0.717) is 0 Å². The lowest BCUT2D eigenvalue weighted by molar-refractivity contribution is -0.278. The first-order valence-electron chi connectivity index (χ1n) is 4.05. The zero-order chi connectivity index (χ0) is 15.4. The van der Waals surface area contributed by atoms with Gasteiger partial charge >= 0.3 is 18.5 Å². The van der Waals surface area contributed by atoms with Gasteiger partial charge in [0.2, 0.25) is 6.43 Å². The highest BCUT2D eigenvalue weighted by atomic mass is 19.4. The molecule has 0 bridgehead atoms. The van der Waals surface area contributed by atoms with Gasteiger partial charge in [0.05, 0.1) is 0 Å². The third-order valence-corrected chi connectivity index (χ3v) is 1.37. The van der Waals surface area contributed by atoms with Crippen LogP contribution >= 0.6 is 0 Å². The Labute approximate surface area is 93.8 Å². The summed E-state index contributed by atoms with van der Waals surface area (Å²) in [5.41, 5.74) is 0. The predicted octanol–water partition coefficient (Wildman–Crippen LogP) is 4.95. The molecule has 0 aliphatic heterocycles.